The number of benzene rings is 1. The maximum Gasteiger partial charge on any atom is 0.127 e. The molecule has 0 atom stereocenters. The molecule has 2 N–H and O–H groups in total. The number of hydrogen-bond acceptors (Lipinski definition) is 3. The van der Waals surface area contributed by atoms with Crippen molar-refractivity contribution in [3.8, 4) is 5.75 Å². The topological polar surface area (TPSA) is 45.1 Å². The first-order valence-electron chi connectivity index (χ1n) is 5.33. The van der Waals surface area contributed by atoms with Gasteiger partial charge in [0.1, 0.15) is 11.6 Å². The van der Waals surface area contributed by atoms with E-state index in [4.69, 9.17) is 0 Å². The van der Waals surface area contributed by atoms with Crippen LogP contribution in [0.15, 0.2) is 42.6 Å². The largest absolute Gasteiger partial charge is 0.508 e. The van der Waals surface area contributed by atoms with E-state index in [1.807, 2.05) is 18.2 Å². The molecule has 0 saturated heterocycles. The summed E-state index contributed by atoms with van der Waals surface area (Å²) in [4.78, 5) is 4.16. The zero-order valence-electron chi connectivity index (χ0n) is 9.23. The number of nitrogens with one attached hydrogen (secondary N) is 1. The summed E-state index contributed by atoms with van der Waals surface area (Å²) in [5.41, 5.74) is 1.63. The van der Waals surface area contributed by atoms with E-state index in [9.17, 15) is 9.50 Å². The van der Waals surface area contributed by atoms with Crippen LogP contribution >= 0.6 is 0 Å². The van der Waals surface area contributed by atoms with Gasteiger partial charge in [0.25, 0.3) is 0 Å². The predicted octanol–water partition coefficient (Wildman–Crippen LogP) is 2.22. The summed E-state index contributed by atoms with van der Waals surface area (Å²) < 4.78 is 13.0. The molecule has 4 heteroatoms. The molecule has 1 heterocycles. The van der Waals surface area contributed by atoms with Gasteiger partial charge in [0.2, 0.25) is 0 Å². The first-order valence-corrected chi connectivity index (χ1v) is 5.33. The number of rotatable bonds is 4. The minimum absolute atomic E-state index is 0.0559. The van der Waals surface area contributed by atoms with Gasteiger partial charge in [0.15, 0.2) is 0 Å². The number of hydrogen-bond donors (Lipinski definition) is 2. The van der Waals surface area contributed by atoms with Gasteiger partial charge in [-0.05, 0) is 29.8 Å². The van der Waals surface area contributed by atoms with Crippen molar-refractivity contribution in [3.05, 3.63) is 59.7 Å². The van der Waals surface area contributed by atoms with Gasteiger partial charge < -0.3 is 10.4 Å². The molecule has 0 aliphatic heterocycles. The second kappa shape index (κ2) is 5.41. The number of aromatic nitrogens is 1. The SMILES string of the molecule is Oc1cc(F)cc(CNCc2ccccn2)c1. The van der Waals surface area contributed by atoms with Gasteiger partial charge in [0, 0.05) is 25.4 Å². The summed E-state index contributed by atoms with van der Waals surface area (Å²) >= 11 is 0. The molecule has 0 saturated carbocycles. The molecule has 17 heavy (non-hydrogen) atoms. The summed E-state index contributed by atoms with van der Waals surface area (Å²) in [5, 5.41) is 12.4. The molecule has 0 fully saturated rings. The van der Waals surface area contributed by atoms with E-state index < -0.39 is 5.82 Å². The highest BCUT2D eigenvalue weighted by Crippen LogP contribution is 2.14. The maximum absolute atomic E-state index is 13.0. The summed E-state index contributed by atoms with van der Waals surface area (Å²) in [5.74, 6) is -0.487. The van der Waals surface area contributed by atoms with E-state index >= 15 is 0 Å². The molecule has 2 aromatic rings. The Kier molecular flexibility index (Phi) is 3.67. The highest BCUT2D eigenvalue weighted by atomic mass is 19.1. The normalized spacial score (nSPS) is 10.4. The molecule has 88 valence electrons. The molecular weight excluding hydrogens is 219 g/mol. The molecule has 0 aliphatic carbocycles. The Morgan fingerprint density at radius 1 is 1.18 bits per heavy atom. The molecule has 1 aromatic carbocycles. The summed E-state index contributed by atoms with van der Waals surface area (Å²) in [7, 11) is 0. The van der Waals surface area contributed by atoms with Crippen molar-refractivity contribution >= 4 is 0 Å². The van der Waals surface area contributed by atoms with Crippen LogP contribution in [-0.2, 0) is 13.1 Å². The van der Waals surface area contributed by atoms with Crippen LogP contribution in [0.5, 0.6) is 5.75 Å². The summed E-state index contributed by atoms with van der Waals surface area (Å²) in [6, 6.07) is 9.70. The van der Waals surface area contributed by atoms with Gasteiger partial charge in [0.05, 0.1) is 5.69 Å². The lowest BCUT2D eigenvalue weighted by Crippen LogP contribution is -2.13. The molecular formula is C13H13FN2O. The van der Waals surface area contributed by atoms with Crippen LogP contribution in [0.25, 0.3) is 0 Å². The van der Waals surface area contributed by atoms with E-state index in [1.54, 1.807) is 6.20 Å². The zero-order chi connectivity index (χ0) is 12.1. The van der Waals surface area contributed by atoms with Crippen LogP contribution in [0.4, 0.5) is 4.39 Å². The highest BCUT2D eigenvalue weighted by Gasteiger charge is 2.00. The first-order chi connectivity index (χ1) is 8.24. The van der Waals surface area contributed by atoms with Crippen LogP contribution in [0, 0.1) is 5.82 Å². The number of nitrogens with zero attached hydrogens (tertiary/aromatic N) is 1. The van der Waals surface area contributed by atoms with Crippen molar-refractivity contribution in [2.45, 2.75) is 13.1 Å². The molecule has 0 bridgehead atoms. The quantitative estimate of drug-likeness (QED) is 0.849. The van der Waals surface area contributed by atoms with E-state index in [0.717, 1.165) is 11.8 Å². The first kappa shape index (κ1) is 11.5. The van der Waals surface area contributed by atoms with Crippen molar-refractivity contribution in [1.82, 2.24) is 10.3 Å². The minimum Gasteiger partial charge on any atom is -0.508 e. The highest BCUT2D eigenvalue weighted by molar-refractivity contribution is 5.28. The third-order valence-electron chi connectivity index (χ3n) is 2.30. The van der Waals surface area contributed by atoms with Crippen molar-refractivity contribution in [2.75, 3.05) is 0 Å². The molecule has 1 aromatic heterocycles. The number of phenols is 1. The molecule has 2 rings (SSSR count). The molecule has 0 amide bonds. The smallest absolute Gasteiger partial charge is 0.127 e. The average molecular weight is 232 g/mol. The van der Waals surface area contributed by atoms with E-state index in [1.165, 1.54) is 12.1 Å². The number of pyridine rings is 1. The van der Waals surface area contributed by atoms with Gasteiger partial charge in [-0.2, -0.15) is 0 Å². The van der Waals surface area contributed by atoms with Crippen molar-refractivity contribution < 1.29 is 9.50 Å². The summed E-state index contributed by atoms with van der Waals surface area (Å²) in [6.07, 6.45) is 1.73. The Balaban J connectivity index is 1.90. The second-order valence-electron chi connectivity index (χ2n) is 3.74. The Morgan fingerprint density at radius 3 is 2.76 bits per heavy atom. The fraction of sp³-hybridized carbons (Fsp3) is 0.154. The molecule has 0 unspecified atom stereocenters. The maximum atomic E-state index is 13.0. The van der Waals surface area contributed by atoms with Gasteiger partial charge >= 0.3 is 0 Å². The van der Waals surface area contributed by atoms with Crippen LogP contribution in [-0.4, -0.2) is 10.1 Å². The average Bonchev–Trinajstić information content (AvgIpc) is 2.29. The van der Waals surface area contributed by atoms with E-state index in [0.29, 0.717) is 18.7 Å². The lowest BCUT2D eigenvalue weighted by molar-refractivity contribution is 0.467. The minimum atomic E-state index is -0.431. The lowest BCUT2D eigenvalue weighted by atomic mass is 10.2. The van der Waals surface area contributed by atoms with Gasteiger partial charge in [-0.3, -0.25) is 4.98 Å². The Bertz CT molecular complexity index is 468. The van der Waals surface area contributed by atoms with Crippen molar-refractivity contribution in [1.29, 1.82) is 0 Å². The van der Waals surface area contributed by atoms with Crippen molar-refractivity contribution in [2.24, 2.45) is 0 Å². The molecule has 0 spiro atoms. The Labute approximate surface area is 98.9 Å². The molecule has 3 nitrogen and oxygen atoms in total. The van der Waals surface area contributed by atoms with Crippen LogP contribution in [0.1, 0.15) is 11.3 Å². The van der Waals surface area contributed by atoms with Gasteiger partial charge in [-0.25, -0.2) is 4.39 Å². The third kappa shape index (κ3) is 3.53. The van der Waals surface area contributed by atoms with E-state index in [2.05, 4.69) is 10.3 Å². The third-order valence-corrected chi connectivity index (χ3v) is 2.30. The number of halogens is 1. The molecule has 0 radical (unpaired) electrons. The fourth-order valence-electron chi connectivity index (χ4n) is 1.57. The zero-order valence-corrected chi connectivity index (χ0v) is 9.23. The summed E-state index contributed by atoms with van der Waals surface area (Å²) in [6.45, 7) is 1.10. The number of phenolic OH excluding ortho intramolecular Hbond substituents is 1. The van der Waals surface area contributed by atoms with Gasteiger partial charge in [-0.15, -0.1) is 0 Å². The van der Waals surface area contributed by atoms with Gasteiger partial charge in [-0.1, -0.05) is 6.07 Å². The van der Waals surface area contributed by atoms with Crippen molar-refractivity contribution in [3.63, 3.8) is 0 Å². The van der Waals surface area contributed by atoms with Crippen LogP contribution < -0.4 is 5.32 Å². The lowest BCUT2D eigenvalue weighted by Gasteiger charge is -2.05. The molecule has 0 aliphatic rings. The standard InChI is InChI=1S/C13H13FN2O/c14-11-5-10(6-13(17)7-11)8-15-9-12-3-1-2-4-16-12/h1-7,15,17H,8-9H2. The van der Waals surface area contributed by atoms with E-state index in [-0.39, 0.29) is 5.75 Å². The second-order valence-corrected chi connectivity index (χ2v) is 3.74. The predicted molar refractivity (Wildman–Crippen MR) is 62.8 cm³/mol. The number of aromatic hydroxyl groups is 1. The Hall–Kier alpha value is -1.94. The van der Waals surface area contributed by atoms with Crippen LogP contribution in [0.2, 0.25) is 0 Å². The fourth-order valence-corrected chi connectivity index (χ4v) is 1.57. The van der Waals surface area contributed by atoms with Crippen LogP contribution in [0.3, 0.4) is 0 Å². The monoisotopic (exact) mass is 232 g/mol. The Morgan fingerprint density at radius 2 is 2.06 bits per heavy atom.